The predicted molar refractivity (Wildman–Crippen MR) is 101 cm³/mol. The van der Waals surface area contributed by atoms with E-state index < -0.39 is 0 Å². The van der Waals surface area contributed by atoms with E-state index in [-0.39, 0.29) is 0 Å². The van der Waals surface area contributed by atoms with Crippen LogP contribution in [-0.4, -0.2) is 50.2 Å². The molecule has 2 heterocycles. The summed E-state index contributed by atoms with van der Waals surface area (Å²) in [6.45, 7) is 1.87. The average Bonchev–Trinajstić information content (AvgIpc) is 2.67. The number of piperidine rings is 1. The topological polar surface area (TPSA) is 59.3 Å². The second kappa shape index (κ2) is 7.39. The van der Waals surface area contributed by atoms with Gasteiger partial charge >= 0.3 is 0 Å². The zero-order valence-corrected chi connectivity index (χ0v) is 15.1. The van der Waals surface area contributed by atoms with Crippen molar-refractivity contribution in [3.63, 3.8) is 0 Å². The van der Waals surface area contributed by atoms with Gasteiger partial charge < -0.3 is 14.7 Å². The maximum Gasteiger partial charge on any atom is 0.134 e. The van der Waals surface area contributed by atoms with Crippen molar-refractivity contribution >= 4 is 17.3 Å². The van der Waals surface area contributed by atoms with E-state index in [1.807, 2.05) is 49.3 Å². The number of hydrogen-bond acceptors (Lipinski definition) is 6. The first-order valence-corrected chi connectivity index (χ1v) is 8.56. The highest BCUT2D eigenvalue weighted by Crippen LogP contribution is 2.27. The molecular weight excluding hydrogens is 312 g/mol. The van der Waals surface area contributed by atoms with E-state index in [9.17, 15) is 5.26 Å². The second-order valence-corrected chi connectivity index (χ2v) is 6.61. The summed E-state index contributed by atoms with van der Waals surface area (Å²) in [7, 11) is 6.05. The molecule has 1 saturated heterocycles. The summed E-state index contributed by atoms with van der Waals surface area (Å²) in [5.41, 5.74) is 1.77. The molecule has 25 heavy (non-hydrogen) atoms. The van der Waals surface area contributed by atoms with Crippen LogP contribution in [0.1, 0.15) is 18.4 Å². The van der Waals surface area contributed by atoms with E-state index in [1.54, 1.807) is 6.33 Å². The Hall–Kier alpha value is -2.81. The van der Waals surface area contributed by atoms with Crippen molar-refractivity contribution in [2.24, 2.45) is 0 Å². The Labute approximate surface area is 149 Å². The third-order valence-corrected chi connectivity index (χ3v) is 4.77. The lowest BCUT2D eigenvalue weighted by atomic mass is 10.0. The molecule has 0 bridgehead atoms. The van der Waals surface area contributed by atoms with Crippen molar-refractivity contribution in [1.29, 1.82) is 5.26 Å². The van der Waals surface area contributed by atoms with Crippen molar-refractivity contribution in [2.75, 3.05) is 48.9 Å². The Balaban J connectivity index is 1.79. The Morgan fingerprint density at radius 1 is 1.16 bits per heavy atom. The van der Waals surface area contributed by atoms with Gasteiger partial charge in [0, 0.05) is 46.3 Å². The summed E-state index contributed by atoms with van der Waals surface area (Å²) in [5.74, 6) is 1.83. The normalized spacial score (nSPS) is 17.0. The summed E-state index contributed by atoms with van der Waals surface area (Å²) < 4.78 is 0. The average molecular weight is 336 g/mol. The Morgan fingerprint density at radius 3 is 2.68 bits per heavy atom. The first-order valence-electron chi connectivity index (χ1n) is 8.56. The van der Waals surface area contributed by atoms with Crippen LogP contribution in [0.15, 0.2) is 36.7 Å². The molecule has 1 aliphatic rings. The van der Waals surface area contributed by atoms with Crippen LogP contribution in [0.3, 0.4) is 0 Å². The predicted octanol–water partition coefficient (Wildman–Crippen LogP) is 2.52. The number of aromatic nitrogens is 2. The van der Waals surface area contributed by atoms with Gasteiger partial charge in [0.2, 0.25) is 0 Å². The zero-order valence-electron chi connectivity index (χ0n) is 15.1. The smallest absolute Gasteiger partial charge is 0.134 e. The third kappa shape index (κ3) is 3.66. The van der Waals surface area contributed by atoms with Gasteiger partial charge in [-0.3, -0.25) is 0 Å². The number of nitriles is 1. The minimum atomic E-state index is 0.352. The second-order valence-electron chi connectivity index (χ2n) is 6.61. The van der Waals surface area contributed by atoms with E-state index in [1.165, 1.54) is 0 Å². The quantitative estimate of drug-likeness (QED) is 0.855. The molecule has 0 radical (unpaired) electrons. The third-order valence-electron chi connectivity index (χ3n) is 4.77. The fourth-order valence-corrected chi connectivity index (χ4v) is 3.30. The van der Waals surface area contributed by atoms with Crippen LogP contribution in [0.4, 0.5) is 17.3 Å². The molecule has 0 amide bonds. The number of benzene rings is 1. The lowest BCUT2D eigenvalue weighted by Gasteiger charge is -2.39. The molecule has 3 rings (SSSR count). The first kappa shape index (κ1) is 17.0. The molecule has 0 N–H and O–H groups in total. The maximum atomic E-state index is 9.38. The van der Waals surface area contributed by atoms with E-state index in [4.69, 9.17) is 0 Å². The fourth-order valence-electron chi connectivity index (χ4n) is 3.30. The highest BCUT2D eigenvalue weighted by molar-refractivity contribution is 5.60. The molecule has 6 heteroatoms. The van der Waals surface area contributed by atoms with Crippen molar-refractivity contribution in [3.8, 4) is 6.07 Å². The van der Waals surface area contributed by atoms with Crippen LogP contribution < -0.4 is 14.7 Å². The van der Waals surface area contributed by atoms with Crippen molar-refractivity contribution in [3.05, 3.63) is 42.2 Å². The number of nitrogens with zero attached hydrogens (tertiary/aromatic N) is 6. The van der Waals surface area contributed by atoms with Crippen molar-refractivity contribution < 1.29 is 0 Å². The summed E-state index contributed by atoms with van der Waals surface area (Å²) in [5, 5.41) is 9.38. The monoisotopic (exact) mass is 336 g/mol. The van der Waals surface area contributed by atoms with Crippen molar-refractivity contribution in [2.45, 2.75) is 18.9 Å². The number of anilines is 3. The largest absolute Gasteiger partial charge is 0.368 e. The van der Waals surface area contributed by atoms with Crippen molar-refractivity contribution in [1.82, 2.24) is 9.97 Å². The van der Waals surface area contributed by atoms with Gasteiger partial charge in [-0.2, -0.15) is 5.26 Å². The van der Waals surface area contributed by atoms with Crippen LogP contribution in [0, 0.1) is 11.3 Å². The van der Waals surface area contributed by atoms with E-state index >= 15 is 0 Å². The number of hydrogen-bond donors (Lipinski definition) is 0. The van der Waals surface area contributed by atoms with Gasteiger partial charge in [0.1, 0.15) is 24.0 Å². The van der Waals surface area contributed by atoms with Gasteiger partial charge in [-0.05, 0) is 25.0 Å². The molecule has 1 aromatic carbocycles. The minimum Gasteiger partial charge on any atom is -0.368 e. The van der Waals surface area contributed by atoms with E-state index in [2.05, 4.69) is 32.9 Å². The SMILES string of the molecule is CN(C)c1cc(N(C)C2CCCN(c3ccccc3C#N)C2)ncn1. The molecule has 0 saturated carbocycles. The standard InChI is InChI=1S/C19H24N6/c1-23(2)18-11-19(22-14-21-18)24(3)16-8-6-10-25(13-16)17-9-5-4-7-15(17)12-20/h4-5,7,9,11,14,16H,6,8,10,13H2,1-3H3. The molecule has 1 aliphatic heterocycles. The highest BCUT2D eigenvalue weighted by Gasteiger charge is 2.25. The van der Waals surface area contributed by atoms with Crippen LogP contribution in [-0.2, 0) is 0 Å². The van der Waals surface area contributed by atoms with Crippen LogP contribution >= 0.6 is 0 Å². The van der Waals surface area contributed by atoms with Gasteiger partial charge in [-0.1, -0.05) is 12.1 Å². The van der Waals surface area contributed by atoms with Gasteiger partial charge in [0.05, 0.1) is 11.3 Å². The van der Waals surface area contributed by atoms with E-state index in [0.29, 0.717) is 6.04 Å². The molecule has 1 atom stereocenters. The Morgan fingerprint density at radius 2 is 1.92 bits per heavy atom. The van der Waals surface area contributed by atoms with Gasteiger partial charge in [0.15, 0.2) is 0 Å². The molecule has 0 aliphatic carbocycles. The summed E-state index contributed by atoms with van der Waals surface area (Å²) in [6.07, 6.45) is 3.83. The Kier molecular flexibility index (Phi) is 5.03. The number of para-hydroxylation sites is 1. The minimum absolute atomic E-state index is 0.352. The summed E-state index contributed by atoms with van der Waals surface area (Å²) >= 11 is 0. The van der Waals surface area contributed by atoms with Crippen LogP contribution in [0.25, 0.3) is 0 Å². The molecule has 130 valence electrons. The molecule has 0 spiro atoms. The lowest BCUT2D eigenvalue weighted by Crippen LogP contribution is -2.47. The molecule has 1 unspecified atom stereocenters. The molecular formula is C19H24N6. The van der Waals surface area contributed by atoms with Crippen LogP contribution in [0.2, 0.25) is 0 Å². The fraction of sp³-hybridized carbons (Fsp3) is 0.421. The van der Waals surface area contributed by atoms with E-state index in [0.717, 1.165) is 48.8 Å². The number of rotatable bonds is 4. The molecule has 2 aromatic rings. The molecule has 1 fully saturated rings. The highest BCUT2D eigenvalue weighted by atomic mass is 15.3. The summed E-state index contributed by atoms with van der Waals surface area (Å²) in [4.78, 5) is 15.3. The summed E-state index contributed by atoms with van der Waals surface area (Å²) in [6, 6.07) is 12.5. The Bertz CT molecular complexity index is 767. The van der Waals surface area contributed by atoms with Gasteiger partial charge in [-0.15, -0.1) is 0 Å². The van der Waals surface area contributed by atoms with Gasteiger partial charge in [0.25, 0.3) is 0 Å². The maximum absolute atomic E-state index is 9.38. The first-order chi connectivity index (χ1) is 12.1. The zero-order chi connectivity index (χ0) is 17.8. The molecule has 1 aromatic heterocycles. The van der Waals surface area contributed by atoms with Gasteiger partial charge in [-0.25, -0.2) is 9.97 Å². The molecule has 6 nitrogen and oxygen atoms in total. The lowest BCUT2D eigenvalue weighted by molar-refractivity contribution is 0.485. The van der Waals surface area contributed by atoms with Crippen LogP contribution in [0.5, 0.6) is 0 Å². The number of likely N-dealkylation sites (N-methyl/N-ethyl adjacent to an activating group) is 1.